The Morgan fingerprint density at radius 1 is 1.24 bits per heavy atom. The Kier molecular flexibility index (Phi) is 7.29. The number of hydrogen-bond acceptors (Lipinski definition) is 1. The second kappa shape index (κ2) is 9.86. The number of nitrogens with one attached hydrogen (secondary N) is 1. The van der Waals surface area contributed by atoms with Crippen LogP contribution >= 0.6 is 10.0 Å². The van der Waals surface area contributed by atoms with Gasteiger partial charge in [-0.25, -0.2) is 10.0 Å². The third-order valence-electron chi connectivity index (χ3n) is 7.88. The molecular weight excluding hydrogens is 422 g/mol. The van der Waals surface area contributed by atoms with Crippen LogP contribution in [0.3, 0.4) is 0 Å². The van der Waals surface area contributed by atoms with Gasteiger partial charge in [0.2, 0.25) is 5.91 Å². The van der Waals surface area contributed by atoms with Gasteiger partial charge in [-0.1, -0.05) is 50.1 Å². The Morgan fingerprint density at radius 2 is 2.00 bits per heavy atom. The zero-order valence-corrected chi connectivity index (χ0v) is 22.2. The lowest BCUT2D eigenvalue weighted by Gasteiger charge is -2.32. The second-order valence-corrected chi connectivity index (χ2v) is 15.4. The molecule has 1 aromatic carbocycles. The minimum atomic E-state index is -0.565. The van der Waals surface area contributed by atoms with Crippen molar-refractivity contribution in [3.63, 3.8) is 0 Å². The second-order valence-electron chi connectivity index (χ2n) is 11.2. The van der Waals surface area contributed by atoms with Gasteiger partial charge in [0.05, 0.1) is 5.92 Å². The largest absolute Gasteiger partial charge is 0.328 e. The molecule has 33 heavy (non-hydrogen) atoms. The van der Waals surface area contributed by atoms with Crippen LogP contribution in [-0.2, 0) is 17.6 Å². The number of allylic oxidation sites excluding steroid dienone is 4. The Hall–Kier alpha value is -1.74. The first-order valence-corrected chi connectivity index (χ1v) is 15.6. The molecule has 2 fully saturated rings. The minimum Gasteiger partial charge on any atom is -0.328 e. The molecule has 1 amide bonds. The van der Waals surface area contributed by atoms with E-state index in [1.165, 1.54) is 72.1 Å². The van der Waals surface area contributed by atoms with Crippen molar-refractivity contribution in [2.24, 2.45) is 5.92 Å². The lowest BCUT2D eigenvalue weighted by atomic mass is 9.79. The average molecular weight is 466 g/mol. The fourth-order valence-corrected chi connectivity index (χ4v) is 8.70. The minimum absolute atomic E-state index is 0.0947. The summed E-state index contributed by atoms with van der Waals surface area (Å²) in [5.41, 5.74) is 9.63. The molecule has 2 aliphatic heterocycles. The molecule has 0 spiro atoms. The Labute approximate surface area is 203 Å². The lowest BCUT2D eigenvalue weighted by Crippen LogP contribution is -2.49. The van der Waals surface area contributed by atoms with Crippen LogP contribution in [0.2, 0.25) is 0 Å². The molecular formula is C30H43NOS. The predicted molar refractivity (Wildman–Crippen MR) is 145 cm³/mol. The zero-order valence-electron chi connectivity index (χ0n) is 21.4. The van der Waals surface area contributed by atoms with Gasteiger partial charge in [0.1, 0.15) is 0 Å². The Balaban J connectivity index is 1.58. The lowest BCUT2D eigenvalue weighted by molar-refractivity contribution is -0.127. The van der Waals surface area contributed by atoms with Gasteiger partial charge in [0.15, 0.2) is 0 Å². The molecule has 2 heterocycles. The highest BCUT2D eigenvalue weighted by molar-refractivity contribution is 8.39. The first-order chi connectivity index (χ1) is 15.7. The number of unbranched alkanes of at least 4 members (excludes halogenated alkanes) is 2. The maximum Gasteiger partial charge on any atom is 0.234 e. The van der Waals surface area contributed by atoms with Gasteiger partial charge in [-0.3, -0.25) is 4.79 Å². The first-order valence-electron chi connectivity index (χ1n) is 12.9. The van der Waals surface area contributed by atoms with Crippen molar-refractivity contribution in [2.45, 2.75) is 83.3 Å². The quantitative estimate of drug-likeness (QED) is 0.179. The molecule has 4 rings (SSSR count). The SMILES string of the molecule is C=C(/C=C1\NC(=O)C1C1CS1(C)C)Cc1cc(CCCCC)cc(C)c1C1C=C(C)CCC1. The summed E-state index contributed by atoms with van der Waals surface area (Å²) < 4.78 is 0. The molecule has 3 atom stereocenters. The first kappa shape index (κ1) is 24.4. The van der Waals surface area contributed by atoms with Gasteiger partial charge in [-0.15, -0.1) is 0 Å². The number of rotatable bonds is 9. The van der Waals surface area contributed by atoms with Crippen molar-refractivity contribution in [1.82, 2.24) is 5.32 Å². The highest BCUT2D eigenvalue weighted by atomic mass is 32.3. The monoisotopic (exact) mass is 465 g/mol. The van der Waals surface area contributed by atoms with E-state index in [9.17, 15) is 4.79 Å². The van der Waals surface area contributed by atoms with Crippen molar-refractivity contribution in [3.05, 3.63) is 70.0 Å². The number of aryl methyl sites for hydroxylation is 2. The van der Waals surface area contributed by atoms with E-state index in [-0.39, 0.29) is 11.8 Å². The average Bonchev–Trinajstić information content (AvgIpc) is 3.33. The van der Waals surface area contributed by atoms with Gasteiger partial charge in [0.25, 0.3) is 0 Å². The Morgan fingerprint density at radius 3 is 2.64 bits per heavy atom. The fourth-order valence-electron chi connectivity index (χ4n) is 5.91. The molecule has 0 radical (unpaired) electrons. The molecule has 0 saturated carbocycles. The van der Waals surface area contributed by atoms with Crippen LogP contribution in [0, 0.1) is 12.8 Å². The molecule has 1 N–H and O–H groups in total. The summed E-state index contributed by atoms with van der Waals surface area (Å²) in [4.78, 5) is 12.3. The van der Waals surface area contributed by atoms with E-state index in [0.717, 1.165) is 24.1 Å². The molecule has 2 saturated heterocycles. The van der Waals surface area contributed by atoms with Crippen LogP contribution in [-0.4, -0.2) is 29.4 Å². The highest BCUT2D eigenvalue weighted by Gasteiger charge is 2.54. The molecule has 2 nitrogen and oxygen atoms in total. The number of benzene rings is 1. The van der Waals surface area contributed by atoms with E-state index in [1.54, 1.807) is 0 Å². The maximum atomic E-state index is 12.3. The van der Waals surface area contributed by atoms with Gasteiger partial charge >= 0.3 is 0 Å². The summed E-state index contributed by atoms with van der Waals surface area (Å²) in [6, 6.07) is 4.90. The maximum absolute atomic E-state index is 12.3. The highest BCUT2D eigenvalue weighted by Crippen LogP contribution is 2.66. The molecule has 3 unspecified atom stereocenters. The normalized spacial score (nSPS) is 28.0. The van der Waals surface area contributed by atoms with Crippen molar-refractivity contribution in [2.75, 3.05) is 18.3 Å². The van der Waals surface area contributed by atoms with Gasteiger partial charge in [-0.2, -0.15) is 0 Å². The van der Waals surface area contributed by atoms with Gasteiger partial charge in [0, 0.05) is 16.9 Å². The van der Waals surface area contributed by atoms with Crippen molar-refractivity contribution >= 4 is 15.9 Å². The van der Waals surface area contributed by atoms with E-state index in [0.29, 0.717) is 11.2 Å². The van der Waals surface area contributed by atoms with Crippen LogP contribution in [0.15, 0.2) is 47.7 Å². The molecule has 1 aromatic rings. The molecule has 0 bridgehead atoms. The standard InChI is InChI=1S/C30H43NOS/c1-7-8-9-12-23-17-22(4)28(24-13-10-11-20(2)14-24)25(18-23)15-21(3)16-26-29(30(32)31-26)27-19-33(27,5)6/h14,16-18,24,27,29H,3,7-13,15,19H2,1-2,4-6H3,(H,31,32)/b26-16-. The van der Waals surface area contributed by atoms with Crippen LogP contribution in [0.4, 0.5) is 0 Å². The van der Waals surface area contributed by atoms with E-state index in [2.05, 4.69) is 69.5 Å². The molecule has 1 aliphatic carbocycles. The smallest absolute Gasteiger partial charge is 0.234 e. The summed E-state index contributed by atoms with van der Waals surface area (Å²) in [5.74, 6) is 2.06. The van der Waals surface area contributed by atoms with Crippen molar-refractivity contribution < 1.29 is 4.79 Å². The van der Waals surface area contributed by atoms with Crippen LogP contribution in [0.25, 0.3) is 0 Å². The molecule has 0 aromatic heterocycles. The zero-order chi connectivity index (χ0) is 23.8. The number of β-lactam (4-membered cyclic amide) rings is 1. The van der Waals surface area contributed by atoms with Crippen molar-refractivity contribution in [3.8, 4) is 0 Å². The topological polar surface area (TPSA) is 29.1 Å². The molecule has 180 valence electrons. The summed E-state index contributed by atoms with van der Waals surface area (Å²) in [6.45, 7) is 11.3. The summed E-state index contributed by atoms with van der Waals surface area (Å²) in [5, 5.41) is 3.64. The number of carbonyl (C=O) groups is 1. The third kappa shape index (κ3) is 5.50. The number of carbonyl (C=O) groups excluding carboxylic acids is 1. The van der Waals surface area contributed by atoms with Crippen LogP contribution in [0.1, 0.15) is 80.5 Å². The molecule has 3 aliphatic rings. The fraction of sp³-hybridized carbons (Fsp3) is 0.567. The summed E-state index contributed by atoms with van der Waals surface area (Å²) in [6.07, 6.45) is 19.0. The number of hydrogen-bond donors (Lipinski definition) is 1. The van der Waals surface area contributed by atoms with Crippen molar-refractivity contribution in [1.29, 1.82) is 0 Å². The predicted octanol–water partition coefficient (Wildman–Crippen LogP) is 7.12. The summed E-state index contributed by atoms with van der Waals surface area (Å²) >= 11 is 0. The van der Waals surface area contributed by atoms with E-state index >= 15 is 0 Å². The van der Waals surface area contributed by atoms with E-state index in [1.807, 2.05) is 0 Å². The number of amides is 1. The summed E-state index contributed by atoms with van der Waals surface area (Å²) in [7, 11) is -0.565. The third-order valence-corrected chi connectivity index (χ3v) is 10.7. The van der Waals surface area contributed by atoms with Gasteiger partial charge < -0.3 is 5.32 Å². The van der Waals surface area contributed by atoms with Gasteiger partial charge in [-0.05, 0) is 105 Å². The van der Waals surface area contributed by atoms with E-state index in [4.69, 9.17) is 0 Å². The Bertz CT molecular complexity index is 999. The van der Waals surface area contributed by atoms with Crippen LogP contribution < -0.4 is 5.32 Å². The molecule has 3 heteroatoms. The van der Waals surface area contributed by atoms with Crippen LogP contribution in [0.5, 0.6) is 0 Å². The van der Waals surface area contributed by atoms with E-state index < -0.39 is 10.0 Å².